The molecular weight excluding hydrogens is 304 g/mol. The summed E-state index contributed by atoms with van der Waals surface area (Å²) in [6.07, 6.45) is 1.56. The van der Waals surface area contributed by atoms with Gasteiger partial charge in [0.05, 0.1) is 6.61 Å². The smallest absolute Gasteiger partial charge is 0.159 e. The first-order valence-corrected chi connectivity index (χ1v) is 8.21. The summed E-state index contributed by atoms with van der Waals surface area (Å²) in [5.74, 6) is 2.27. The number of nitrogen functional groups attached to an aromatic ring is 1. The number of hydrogen-bond acceptors (Lipinski definition) is 7. The van der Waals surface area contributed by atoms with Gasteiger partial charge in [-0.25, -0.2) is 9.97 Å². The van der Waals surface area contributed by atoms with Gasteiger partial charge in [0.1, 0.15) is 17.8 Å². The van der Waals surface area contributed by atoms with Crippen LogP contribution in [0.15, 0.2) is 30.6 Å². The van der Waals surface area contributed by atoms with E-state index in [0.29, 0.717) is 18.1 Å². The number of nitrogens with one attached hydrogen (secondary N) is 1. The molecular formula is C17H24N6O. The van der Waals surface area contributed by atoms with E-state index in [-0.39, 0.29) is 0 Å². The van der Waals surface area contributed by atoms with E-state index in [4.69, 9.17) is 10.5 Å². The second-order valence-corrected chi connectivity index (χ2v) is 5.83. The standard InChI is InChI=1S/C17H24N6O/c1-3-24-14-6-4-13(5-7-14)21-16-15(18)17(20-12-19-16)23-10-8-22(2)9-11-23/h4-7,12H,3,8-11,18H2,1-2H3,(H,19,20,21). The number of hydrogen-bond donors (Lipinski definition) is 2. The molecule has 3 rings (SSSR count). The van der Waals surface area contributed by atoms with Gasteiger partial charge in [0, 0.05) is 31.9 Å². The molecule has 1 aliphatic rings. The minimum Gasteiger partial charge on any atom is -0.494 e. The zero-order valence-electron chi connectivity index (χ0n) is 14.2. The highest BCUT2D eigenvalue weighted by Crippen LogP contribution is 2.29. The number of likely N-dealkylation sites (N-methyl/N-ethyl adjacent to an activating group) is 1. The average molecular weight is 328 g/mol. The van der Waals surface area contributed by atoms with Crippen LogP contribution in [-0.2, 0) is 0 Å². The van der Waals surface area contributed by atoms with E-state index >= 15 is 0 Å². The lowest BCUT2D eigenvalue weighted by molar-refractivity contribution is 0.312. The normalized spacial score (nSPS) is 15.3. The first-order valence-electron chi connectivity index (χ1n) is 8.21. The zero-order valence-corrected chi connectivity index (χ0v) is 14.2. The molecule has 128 valence electrons. The lowest BCUT2D eigenvalue weighted by Gasteiger charge is -2.33. The van der Waals surface area contributed by atoms with Gasteiger partial charge >= 0.3 is 0 Å². The SMILES string of the molecule is CCOc1ccc(Nc2ncnc(N3CCN(C)CC3)c2N)cc1. The third-order valence-corrected chi connectivity index (χ3v) is 4.09. The Balaban J connectivity index is 1.75. The molecule has 0 saturated carbocycles. The first-order chi connectivity index (χ1) is 11.7. The molecule has 2 heterocycles. The van der Waals surface area contributed by atoms with Gasteiger partial charge in [-0.15, -0.1) is 0 Å². The highest BCUT2D eigenvalue weighted by atomic mass is 16.5. The fourth-order valence-corrected chi connectivity index (χ4v) is 2.69. The maximum absolute atomic E-state index is 6.31. The Morgan fingerprint density at radius 3 is 2.50 bits per heavy atom. The summed E-state index contributed by atoms with van der Waals surface area (Å²) in [4.78, 5) is 13.2. The Labute approximate surface area is 142 Å². The molecule has 0 spiro atoms. The predicted octanol–water partition coefficient (Wildman–Crippen LogP) is 1.95. The summed E-state index contributed by atoms with van der Waals surface area (Å²) < 4.78 is 5.45. The molecule has 1 aliphatic heterocycles. The first kappa shape index (κ1) is 16.3. The van der Waals surface area contributed by atoms with E-state index in [9.17, 15) is 0 Å². The lowest BCUT2D eigenvalue weighted by atomic mass is 10.3. The summed E-state index contributed by atoms with van der Waals surface area (Å²) in [6.45, 7) is 6.46. The molecule has 1 aromatic heterocycles. The maximum atomic E-state index is 6.31. The molecule has 0 amide bonds. The van der Waals surface area contributed by atoms with E-state index in [1.807, 2.05) is 31.2 Å². The molecule has 1 saturated heterocycles. The van der Waals surface area contributed by atoms with Crippen molar-refractivity contribution in [2.45, 2.75) is 6.92 Å². The van der Waals surface area contributed by atoms with E-state index in [1.54, 1.807) is 6.33 Å². The van der Waals surface area contributed by atoms with Crippen LogP contribution in [0.2, 0.25) is 0 Å². The number of nitrogens with two attached hydrogens (primary N) is 1. The van der Waals surface area contributed by atoms with Crippen molar-refractivity contribution in [2.75, 3.05) is 55.8 Å². The van der Waals surface area contributed by atoms with Crippen molar-refractivity contribution in [1.29, 1.82) is 0 Å². The van der Waals surface area contributed by atoms with E-state index in [0.717, 1.165) is 43.4 Å². The average Bonchev–Trinajstić information content (AvgIpc) is 2.60. The Morgan fingerprint density at radius 2 is 1.83 bits per heavy atom. The number of rotatable bonds is 5. The van der Waals surface area contributed by atoms with Crippen LogP contribution in [0.5, 0.6) is 5.75 Å². The van der Waals surface area contributed by atoms with Crippen molar-refractivity contribution in [1.82, 2.24) is 14.9 Å². The molecule has 0 bridgehead atoms. The molecule has 1 fully saturated rings. The van der Waals surface area contributed by atoms with Gasteiger partial charge in [-0.2, -0.15) is 0 Å². The Bertz CT molecular complexity index is 667. The van der Waals surface area contributed by atoms with E-state index in [1.165, 1.54) is 0 Å². The van der Waals surface area contributed by atoms with Gasteiger partial charge in [-0.05, 0) is 38.2 Å². The van der Waals surface area contributed by atoms with E-state index < -0.39 is 0 Å². The molecule has 7 heteroatoms. The highest BCUT2D eigenvalue weighted by molar-refractivity contribution is 5.78. The monoisotopic (exact) mass is 328 g/mol. The minimum atomic E-state index is 0.580. The summed E-state index contributed by atoms with van der Waals surface area (Å²) in [6, 6.07) is 7.74. The van der Waals surface area contributed by atoms with E-state index in [2.05, 4.69) is 32.1 Å². The molecule has 0 unspecified atom stereocenters. The van der Waals surface area contributed by atoms with Crippen molar-refractivity contribution in [3.63, 3.8) is 0 Å². The van der Waals surface area contributed by atoms with Crippen LogP contribution >= 0.6 is 0 Å². The molecule has 0 aliphatic carbocycles. The summed E-state index contributed by atoms with van der Waals surface area (Å²) in [5, 5.41) is 3.26. The fraction of sp³-hybridized carbons (Fsp3) is 0.412. The molecule has 7 nitrogen and oxygen atoms in total. The molecule has 2 aromatic rings. The number of ether oxygens (including phenoxy) is 1. The van der Waals surface area contributed by atoms with Crippen LogP contribution in [0.1, 0.15) is 6.92 Å². The third-order valence-electron chi connectivity index (χ3n) is 4.09. The Kier molecular flexibility index (Phi) is 5.00. The quantitative estimate of drug-likeness (QED) is 0.868. The number of benzene rings is 1. The summed E-state index contributed by atoms with van der Waals surface area (Å²) >= 11 is 0. The lowest BCUT2D eigenvalue weighted by Crippen LogP contribution is -2.45. The van der Waals surface area contributed by atoms with Gasteiger partial charge in [-0.1, -0.05) is 0 Å². The molecule has 1 aromatic carbocycles. The molecule has 3 N–H and O–H groups in total. The minimum absolute atomic E-state index is 0.580. The van der Waals surface area contributed by atoms with Crippen LogP contribution in [0, 0.1) is 0 Å². The second kappa shape index (κ2) is 7.35. The largest absolute Gasteiger partial charge is 0.494 e. The molecule has 0 atom stereocenters. The van der Waals surface area contributed by atoms with Crippen molar-refractivity contribution >= 4 is 23.0 Å². The fourth-order valence-electron chi connectivity index (χ4n) is 2.69. The van der Waals surface area contributed by atoms with Gasteiger partial charge in [0.15, 0.2) is 11.6 Å². The number of nitrogens with zero attached hydrogens (tertiary/aromatic N) is 4. The van der Waals surface area contributed by atoms with Crippen molar-refractivity contribution < 1.29 is 4.74 Å². The number of aromatic nitrogens is 2. The van der Waals surface area contributed by atoms with Gasteiger partial charge in [0.25, 0.3) is 0 Å². The number of piperazine rings is 1. The third kappa shape index (κ3) is 3.68. The summed E-state index contributed by atoms with van der Waals surface area (Å²) in [7, 11) is 2.12. The Hall–Kier alpha value is -2.54. The van der Waals surface area contributed by atoms with Gasteiger partial charge < -0.3 is 25.6 Å². The maximum Gasteiger partial charge on any atom is 0.159 e. The van der Waals surface area contributed by atoms with Crippen LogP contribution in [-0.4, -0.2) is 54.7 Å². The summed E-state index contributed by atoms with van der Waals surface area (Å²) in [5.41, 5.74) is 7.80. The van der Waals surface area contributed by atoms with Crippen LogP contribution in [0.25, 0.3) is 0 Å². The van der Waals surface area contributed by atoms with Crippen LogP contribution in [0.3, 0.4) is 0 Å². The van der Waals surface area contributed by atoms with Crippen LogP contribution in [0.4, 0.5) is 23.0 Å². The number of anilines is 4. The molecule has 0 radical (unpaired) electrons. The van der Waals surface area contributed by atoms with Crippen molar-refractivity contribution in [2.24, 2.45) is 0 Å². The second-order valence-electron chi connectivity index (χ2n) is 5.83. The van der Waals surface area contributed by atoms with Crippen molar-refractivity contribution in [3.05, 3.63) is 30.6 Å². The topological polar surface area (TPSA) is 79.5 Å². The Morgan fingerprint density at radius 1 is 1.12 bits per heavy atom. The zero-order chi connectivity index (χ0) is 16.9. The van der Waals surface area contributed by atoms with Gasteiger partial charge in [-0.3, -0.25) is 0 Å². The van der Waals surface area contributed by atoms with Crippen LogP contribution < -0.4 is 20.7 Å². The predicted molar refractivity (Wildman–Crippen MR) is 97.0 cm³/mol. The molecule has 24 heavy (non-hydrogen) atoms. The van der Waals surface area contributed by atoms with Crippen molar-refractivity contribution in [3.8, 4) is 5.75 Å². The highest BCUT2D eigenvalue weighted by Gasteiger charge is 2.19. The van der Waals surface area contributed by atoms with Gasteiger partial charge in [0.2, 0.25) is 0 Å².